The molecule has 0 N–H and O–H groups in total. The van der Waals surface area contributed by atoms with E-state index in [1.807, 2.05) is 19.1 Å². The Bertz CT molecular complexity index is 959. The topological polar surface area (TPSA) is 119 Å². The van der Waals surface area contributed by atoms with E-state index in [1.54, 1.807) is 6.07 Å². The van der Waals surface area contributed by atoms with Gasteiger partial charge in [0.05, 0.1) is 14.0 Å². The van der Waals surface area contributed by atoms with Gasteiger partial charge in [-0.05, 0) is 18.6 Å². The fraction of sp³-hybridized carbons (Fsp3) is 0.300. The molecule has 0 fully saturated rings. The standard InChI is InChI=1S/C20H18N2O6S2/c1-4-16(24)27-7-8-28-17-12(2)9-15(26-6-5-25-13(3)23)18-19(17)30-20(29-18)14(10-21)11-22/h4,9H,1,5-8H2,2-3H3. The van der Waals surface area contributed by atoms with Gasteiger partial charge in [-0.15, -0.1) is 0 Å². The lowest BCUT2D eigenvalue weighted by molar-refractivity contribution is -0.141. The van der Waals surface area contributed by atoms with Crippen molar-refractivity contribution in [3.8, 4) is 23.6 Å². The van der Waals surface area contributed by atoms with E-state index < -0.39 is 11.9 Å². The molecule has 1 aliphatic rings. The third-order valence-corrected chi connectivity index (χ3v) is 6.16. The van der Waals surface area contributed by atoms with Gasteiger partial charge in [-0.2, -0.15) is 10.5 Å². The first-order valence-electron chi connectivity index (χ1n) is 8.67. The molecule has 0 bridgehead atoms. The second-order valence-corrected chi connectivity index (χ2v) is 7.98. The van der Waals surface area contributed by atoms with E-state index in [0.29, 0.717) is 25.5 Å². The number of fused-ring (bicyclic) bond motifs is 1. The molecule has 0 aliphatic carbocycles. The number of allylic oxidation sites excluding steroid dienone is 1. The number of carbonyl (C=O) groups is 2. The summed E-state index contributed by atoms with van der Waals surface area (Å²) in [5, 5.41) is 18.4. The van der Waals surface area contributed by atoms with Gasteiger partial charge in [0.1, 0.15) is 55.6 Å². The zero-order valence-electron chi connectivity index (χ0n) is 16.4. The van der Waals surface area contributed by atoms with Crippen LogP contribution in [0.5, 0.6) is 11.5 Å². The third-order valence-electron chi connectivity index (χ3n) is 3.55. The first-order chi connectivity index (χ1) is 14.4. The number of aryl methyl sites for hydroxylation is 1. The highest BCUT2D eigenvalue weighted by atomic mass is 32.2. The molecular weight excluding hydrogens is 428 g/mol. The second-order valence-electron chi connectivity index (χ2n) is 5.68. The number of carbonyl (C=O) groups excluding carboxylic acids is 2. The number of benzene rings is 1. The number of hydrogen-bond donors (Lipinski definition) is 0. The fourth-order valence-electron chi connectivity index (χ4n) is 2.30. The lowest BCUT2D eigenvalue weighted by Gasteiger charge is -2.16. The largest absolute Gasteiger partial charge is 0.489 e. The van der Waals surface area contributed by atoms with Crippen LogP contribution in [0.4, 0.5) is 0 Å². The van der Waals surface area contributed by atoms with E-state index in [9.17, 15) is 20.1 Å². The summed E-state index contributed by atoms with van der Waals surface area (Å²) in [6.45, 7) is 6.88. The summed E-state index contributed by atoms with van der Waals surface area (Å²) >= 11 is 2.49. The van der Waals surface area contributed by atoms with Crippen LogP contribution in [0.1, 0.15) is 12.5 Å². The molecule has 0 unspecified atom stereocenters. The van der Waals surface area contributed by atoms with Gasteiger partial charge in [0.25, 0.3) is 0 Å². The lowest BCUT2D eigenvalue weighted by atomic mass is 10.2. The van der Waals surface area contributed by atoms with Crippen LogP contribution in [-0.4, -0.2) is 38.4 Å². The van der Waals surface area contributed by atoms with Gasteiger partial charge in [0.2, 0.25) is 0 Å². The molecule has 156 valence electrons. The van der Waals surface area contributed by atoms with Gasteiger partial charge in [-0.25, -0.2) is 4.79 Å². The smallest absolute Gasteiger partial charge is 0.330 e. The first kappa shape index (κ1) is 23.2. The average molecular weight is 447 g/mol. The minimum atomic E-state index is -0.542. The van der Waals surface area contributed by atoms with Crippen molar-refractivity contribution in [2.75, 3.05) is 26.4 Å². The molecule has 1 aliphatic heterocycles. The van der Waals surface area contributed by atoms with E-state index in [-0.39, 0.29) is 32.0 Å². The van der Waals surface area contributed by atoms with Crippen LogP contribution in [0.2, 0.25) is 0 Å². The Morgan fingerprint density at radius 1 is 1.07 bits per heavy atom. The Labute approximate surface area is 182 Å². The highest BCUT2D eigenvalue weighted by Crippen LogP contribution is 2.59. The fourth-order valence-corrected chi connectivity index (χ4v) is 4.89. The molecule has 0 saturated carbocycles. The van der Waals surface area contributed by atoms with E-state index >= 15 is 0 Å². The maximum absolute atomic E-state index is 11.2. The summed E-state index contributed by atoms with van der Waals surface area (Å²) < 4.78 is 21.9. The molecule has 0 radical (unpaired) electrons. The minimum Gasteiger partial charge on any atom is -0.489 e. The van der Waals surface area contributed by atoms with Gasteiger partial charge in [0.15, 0.2) is 0 Å². The monoisotopic (exact) mass is 446 g/mol. The molecule has 8 nitrogen and oxygen atoms in total. The Hall–Kier alpha value is -3.08. The number of esters is 2. The molecule has 0 spiro atoms. The Balaban J connectivity index is 2.27. The predicted molar refractivity (Wildman–Crippen MR) is 110 cm³/mol. The summed E-state index contributed by atoms with van der Waals surface area (Å²) in [6.07, 6.45) is 1.07. The molecule has 0 atom stereocenters. The van der Waals surface area contributed by atoms with Crippen LogP contribution in [0.25, 0.3) is 0 Å². The molecule has 1 aromatic rings. The third kappa shape index (κ3) is 5.96. The quantitative estimate of drug-likeness (QED) is 0.241. The van der Waals surface area contributed by atoms with E-state index in [0.717, 1.165) is 11.6 Å². The zero-order valence-corrected chi connectivity index (χ0v) is 18.0. The van der Waals surface area contributed by atoms with Crippen molar-refractivity contribution in [3.05, 3.63) is 34.1 Å². The van der Waals surface area contributed by atoms with Crippen LogP contribution in [-0.2, 0) is 19.1 Å². The van der Waals surface area contributed by atoms with Crippen LogP contribution in [0, 0.1) is 29.6 Å². The number of hydrogen-bond acceptors (Lipinski definition) is 10. The maximum Gasteiger partial charge on any atom is 0.330 e. The summed E-state index contributed by atoms with van der Waals surface area (Å²) in [6, 6.07) is 5.55. The second kappa shape index (κ2) is 11.2. The lowest BCUT2D eigenvalue weighted by Crippen LogP contribution is -2.12. The highest BCUT2D eigenvalue weighted by molar-refractivity contribution is 8.24. The van der Waals surface area contributed by atoms with Gasteiger partial charge in [-0.3, -0.25) is 4.79 Å². The summed E-state index contributed by atoms with van der Waals surface area (Å²) in [4.78, 5) is 23.5. The van der Waals surface area contributed by atoms with Crippen molar-refractivity contribution >= 4 is 35.5 Å². The number of ether oxygens (including phenoxy) is 4. The van der Waals surface area contributed by atoms with Crippen molar-refractivity contribution in [1.82, 2.24) is 0 Å². The molecule has 0 aromatic heterocycles. The van der Waals surface area contributed by atoms with Crippen molar-refractivity contribution in [2.45, 2.75) is 23.6 Å². The van der Waals surface area contributed by atoms with E-state index in [4.69, 9.17) is 18.9 Å². The first-order valence-corrected chi connectivity index (χ1v) is 10.3. The van der Waals surface area contributed by atoms with Crippen LogP contribution in [0.3, 0.4) is 0 Å². The van der Waals surface area contributed by atoms with Crippen LogP contribution in [0.15, 0.2) is 38.3 Å². The van der Waals surface area contributed by atoms with Crippen molar-refractivity contribution in [2.24, 2.45) is 0 Å². The molecule has 0 saturated heterocycles. The minimum absolute atomic E-state index is 0.00409. The molecule has 2 rings (SSSR count). The SMILES string of the molecule is C=CC(=O)OCCOc1c(C)cc(OCCOC(C)=O)c2c1SC(=C(C#N)C#N)S2. The van der Waals surface area contributed by atoms with Crippen molar-refractivity contribution in [1.29, 1.82) is 10.5 Å². The van der Waals surface area contributed by atoms with Crippen LogP contribution < -0.4 is 9.47 Å². The Kier molecular flexibility index (Phi) is 8.66. The molecular formula is C20H18N2O6S2. The number of thioether (sulfide) groups is 2. The van der Waals surface area contributed by atoms with Gasteiger partial charge in [0, 0.05) is 13.0 Å². The number of nitrogens with zero attached hydrogens (tertiary/aromatic N) is 2. The number of rotatable bonds is 9. The normalized spacial score (nSPS) is 11.5. The van der Waals surface area contributed by atoms with E-state index in [2.05, 4.69) is 6.58 Å². The maximum atomic E-state index is 11.2. The van der Waals surface area contributed by atoms with Gasteiger partial charge < -0.3 is 18.9 Å². The van der Waals surface area contributed by atoms with E-state index in [1.165, 1.54) is 30.4 Å². The molecule has 30 heavy (non-hydrogen) atoms. The Morgan fingerprint density at radius 3 is 2.33 bits per heavy atom. The molecule has 0 amide bonds. The molecule has 1 aromatic carbocycles. The average Bonchev–Trinajstić information content (AvgIpc) is 3.15. The van der Waals surface area contributed by atoms with Gasteiger partial charge >= 0.3 is 11.9 Å². The number of nitriles is 2. The predicted octanol–water partition coefficient (Wildman–Crippen LogP) is 3.50. The van der Waals surface area contributed by atoms with Crippen molar-refractivity contribution in [3.63, 3.8) is 0 Å². The summed E-state index contributed by atoms with van der Waals surface area (Å²) in [7, 11) is 0. The zero-order chi connectivity index (χ0) is 22.1. The molecule has 10 heteroatoms. The van der Waals surface area contributed by atoms with Crippen LogP contribution >= 0.6 is 23.5 Å². The summed E-state index contributed by atoms with van der Waals surface area (Å²) in [5.41, 5.74) is 0.756. The Morgan fingerprint density at radius 2 is 1.70 bits per heavy atom. The van der Waals surface area contributed by atoms with Crippen molar-refractivity contribution < 1.29 is 28.5 Å². The summed E-state index contributed by atoms with van der Waals surface area (Å²) in [5.74, 6) is 0.140. The molecule has 1 heterocycles. The highest BCUT2D eigenvalue weighted by Gasteiger charge is 2.30. The van der Waals surface area contributed by atoms with Gasteiger partial charge in [-0.1, -0.05) is 30.1 Å².